The van der Waals surface area contributed by atoms with Crippen LogP contribution in [0, 0.1) is 0 Å². The zero-order valence-electron chi connectivity index (χ0n) is 21.1. The molecule has 38 heavy (non-hydrogen) atoms. The topological polar surface area (TPSA) is 22.2 Å². The highest BCUT2D eigenvalue weighted by Gasteiger charge is 2.36. The van der Waals surface area contributed by atoms with Crippen molar-refractivity contribution in [3.63, 3.8) is 0 Å². The van der Waals surface area contributed by atoms with E-state index >= 15 is 0 Å². The summed E-state index contributed by atoms with van der Waals surface area (Å²) in [5, 5.41) is 8.71. The van der Waals surface area contributed by atoms with Gasteiger partial charge in [-0.05, 0) is 58.7 Å². The van der Waals surface area contributed by atoms with Gasteiger partial charge in [0.2, 0.25) is 0 Å². The first-order valence-corrected chi connectivity index (χ1v) is 13.9. The number of aromatic nitrogens is 3. The maximum Gasteiger partial charge on any atom is 0.0980 e. The molecular formula is C34H23N3S. The van der Waals surface area contributed by atoms with Crippen LogP contribution < -0.4 is 0 Å². The van der Waals surface area contributed by atoms with Crippen LogP contribution in [0.25, 0.3) is 64.4 Å². The molecule has 4 heteroatoms. The molecule has 8 aromatic rings. The minimum atomic E-state index is -0.0348. The van der Waals surface area contributed by atoms with Crippen molar-refractivity contribution >= 4 is 59.0 Å². The van der Waals surface area contributed by atoms with Crippen molar-refractivity contribution in [2.24, 2.45) is 0 Å². The Labute approximate surface area is 223 Å². The Morgan fingerprint density at radius 2 is 1.47 bits per heavy atom. The lowest BCUT2D eigenvalue weighted by Crippen LogP contribution is -2.14. The third-order valence-corrected chi connectivity index (χ3v) is 9.74. The van der Waals surface area contributed by atoms with E-state index in [9.17, 15) is 0 Å². The third kappa shape index (κ3) is 2.42. The number of thiophene rings is 1. The van der Waals surface area contributed by atoms with Crippen molar-refractivity contribution in [2.45, 2.75) is 19.3 Å². The molecule has 0 spiro atoms. The Kier molecular flexibility index (Phi) is 3.75. The van der Waals surface area contributed by atoms with Crippen molar-refractivity contribution in [3.8, 4) is 16.8 Å². The Hall–Kier alpha value is -4.41. The summed E-state index contributed by atoms with van der Waals surface area (Å²) in [5.74, 6) is 0. The van der Waals surface area contributed by atoms with E-state index in [4.69, 9.17) is 5.10 Å². The second-order valence-electron chi connectivity index (χ2n) is 10.9. The van der Waals surface area contributed by atoms with E-state index in [-0.39, 0.29) is 5.41 Å². The monoisotopic (exact) mass is 505 g/mol. The summed E-state index contributed by atoms with van der Waals surface area (Å²) in [7, 11) is 0. The average Bonchev–Trinajstić information content (AvgIpc) is 3.65. The maximum absolute atomic E-state index is 4.91. The molecule has 1 aliphatic rings. The van der Waals surface area contributed by atoms with Gasteiger partial charge in [-0.2, -0.15) is 5.10 Å². The van der Waals surface area contributed by atoms with E-state index in [1.54, 1.807) is 0 Å². The number of pyridine rings is 1. The molecule has 0 unspecified atom stereocenters. The molecule has 4 heterocycles. The molecule has 1 aliphatic carbocycles. The molecule has 0 saturated heterocycles. The quantitative estimate of drug-likeness (QED) is 0.218. The summed E-state index contributed by atoms with van der Waals surface area (Å²) < 4.78 is 7.21. The molecule has 0 atom stereocenters. The van der Waals surface area contributed by atoms with Gasteiger partial charge in [0.15, 0.2) is 0 Å². The zero-order valence-corrected chi connectivity index (χ0v) is 21.9. The molecule has 0 fully saturated rings. The van der Waals surface area contributed by atoms with Crippen LogP contribution in [0.1, 0.15) is 25.0 Å². The number of rotatable bonds is 1. The molecule has 0 bridgehead atoms. The molecule has 0 saturated carbocycles. The summed E-state index contributed by atoms with van der Waals surface area (Å²) >= 11 is 1.90. The van der Waals surface area contributed by atoms with Gasteiger partial charge < -0.3 is 4.57 Å². The van der Waals surface area contributed by atoms with Crippen LogP contribution in [0.15, 0.2) is 103 Å². The lowest BCUT2D eigenvalue weighted by atomic mass is 9.82. The number of nitrogens with zero attached hydrogens (tertiary/aromatic N) is 3. The van der Waals surface area contributed by atoms with E-state index in [2.05, 4.69) is 122 Å². The number of hydrogen-bond donors (Lipinski definition) is 0. The lowest BCUT2D eigenvalue weighted by molar-refractivity contribution is 0.661. The third-order valence-electron chi connectivity index (χ3n) is 8.55. The standard InChI is InChI=1S/C34H23N3S/c1-34(2)25-13-6-3-10-20(25)23-19-29-24(18-26(23)34)33-32(22-12-5-8-16-30(22)38-33)37(29)28-15-9-17-36-31(28)21-11-4-7-14-27(21)35-36/h3-19H,1-2H3. The molecule has 4 aromatic carbocycles. The molecule has 0 radical (unpaired) electrons. The highest BCUT2D eigenvalue weighted by Crippen LogP contribution is 2.52. The Bertz CT molecular complexity index is 2270. The molecule has 0 N–H and O–H groups in total. The number of hydrogen-bond acceptors (Lipinski definition) is 2. The first-order chi connectivity index (χ1) is 18.6. The van der Waals surface area contributed by atoms with Crippen molar-refractivity contribution in [3.05, 3.63) is 114 Å². The van der Waals surface area contributed by atoms with Crippen LogP contribution in [0.4, 0.5) is 0 Å². The van der Waals surface area contributed by atoms with Crippen LogP contribution >= 0.6 is 11.3 Å². The van der Waals surface area contributed by atoms with E-state index in [1.165, 1.54) is 58.8 Å². The van der Waals surface area contributed by atoms with Gasteiger partial charge in [0.25, 0.3) is 0 Å². The number of benzene rings is 4. The molecule has 0 amide bonds. The molecular weight excluding hydrogens is 482 g/mol. The smallest absolute Gasteiger partial charge is 0.0980 e. The van der Waals surface area contributed by atoms with E-state index in [0.29, 0.717) is 0 Å². The van der Waals surface area contributed by atoms with E-state index < -0.39 is 0 Å². The Morgan fingerprint density at radius 3 is 2.39 bits per heavy atom. The Morgan fingerprint density at radius 1 is 0.684 bits per heavy atom. The van der Waals surface area contributed by atoms with Gasteiger partial charge in [-0.15, -0.1) is 11.3 Å². The van der Waals surface area contributed by atoms with Crippen molar-refractivity contribution in [1.82, 2.24) is 14.2 Å². The highest BCUT2D eigenvalue weighted by atomic mass is 32.1. The molecule has 0 aliphatic heterocycles. The van der Waals surface area contributed by atoms with Gasteiger partial charge in [-0.1, -0.05) is 74.5 Å². The average molecular weight is 506 g/mol. The van der Waals surface area contributed by atoms with Crippen molar-refractivity contribution < 1.29 is 0 Å². The largest absolute Gasteiger partial charge is 0.306 e. The highest BCUT2D eigenvalue weighted by molar-refractivity contribution is 7.26. The SMILES string of the molecule is CC1(C)c2ccccc2-c2cc3c(cc21)c1sc2ccccc2c1n3-c1cccn2nc3ccccc3c12. The van der Waals surface area contributed by atoms with Crippen LogP contribution in [0.5, 0.6) is 0 Å². The summed E-state index contributed by atoms with van der Waals surface area (Å²) in [6.45, 7) is 4.73. The predicted molar refractivity (Wildman–Crippen MR) is 160 cm³/mol. The predicted octanol–water partition coefficient (Wildman–Crippen LogP) is 9.11. The van der Waals surface area contributed by atoms with Gasteiger partial charge in [0, 0.05) is 32.5 Å². The maximum atomic E-state index is 4.91. The minimum absolute atomic E-state index is 0.0348. The van der Waals surface area contributed by atoms with Gasteiger partial charge >= 0.3 is 0 Å². The fraction of sp³-hybridized carbons (Fsp3) is 0.0882. The summed E-state index contributed by atoms with van der Waals surface area (Å²) in [5.41, 5.74) is 11.3. The fourth-order valence-corrected chi connectivity index (χ4v) is 8.01. The van der Waals surface area contributed by atoms with Crippen molar-refractivity contribution in [2.75, 3.05) is 0 Å². The van der Waals surface area contributed by atoms with Gasteiger partial charge in [-0.3, -0.25) is 0 Å². The first kappa shape index (κ1) is 20.6. The second-order valence-corrected chi connectivity index (χ2v) is 12.0. The Balaban J connectivity index is 1.51. The number of fused-ring (bicyclic) bond motifs is 11. The van der Waals surface area contributed by atoms with Gasteiger partial charge in [0.05, 0.1) is 32.5 Å². The second kappa shape index (κ2) is 6.91. The van der Waals surface area contributed by atoms with Crippen LogP contribution in [0.3, 0.4) is 0 Å². The minimum Gasteiger partial charge on any atom is -0.306 e. The van der Waals surface area contributed by atoms with Crippen molar-refractivity contribution in [1.29, 1.82) is 0 Å². The molecule has 3 nitrogen and oxygen atoms in total. The molecule has 180 valence electrons. The summed E-state index contributed by atoms with van der Waals surface area (Å²) in [6, 6.07) is 35.5. The van der Waals surface area contributed by atoms with Crippen LogP contribution in [0.2, 0.25) is 0 Å². The van der Waals surface area contributed by atoms with Crippen LogP contribution in [-0.2, 0) is 5.41 Å². The summed E-state index contributed by atoms with van der Waals surface area (Å²) in [6.07, 6.45) is 2.06. The summed E-state index contributed by atoms with van der Waals surface area (Å²) in [4.78, 5) is 0. The van der Waals surface area contributed by atoms with Gasteiger partial charge in [0.1, 0.15) is 0 Å². The fourth-order valence-electron chi connectivity index (χ4n) is 6.80. The zero-order chi connectivity index (χ0) is 25.2. The van der Waals surface area contributed by atoms with E-state index in [0.717, 1.165) is 16.7 Å². The lowest BCUT2D eigenvalue weighted by Gasteiger charge is -2.21. The molecule has 4 aromatic heterocycles. The van der Waals surface area contributed by atoms with E-state index in [1.807, 2.05) is 15.9 Å². The molecule has 9 rings (SSSR count). The van der Waals surface area contributed by atoms with Crippen LogP contribution in [-0.4, -0.2) is 14.2 Å². The van der Waals surface area contributed by atoms with Gasteiger partial charge in [-0.25, -0.2) is 4.52 Å². The first-order valence-electron chi connectivity index (χ1n) is 13.1. The normalized spacial score (nSPS) is 14.3.